The number of aromatic nitrogens is 3. The van der Waals surface area contributed by atoms with E-state index in [1.54, 1.807) is 12.4 Å². The lowest BCUT2D eigenvalue weighted by molar-refractivity contribution is 0.948. The molecule has 3 nitrogen and oxygen atoms in total. The molecule has 3 rings (SSSR count). The molecule has 2 heterocycles. The Labute approximate surface area is 93.4 Å². The summed E-state index contributed by atoms with van der Waals surface area (Å²) in [5.41, 5.74) is 4.49. The first kappa shape index (κ1) is 9.09. The van der Waals surface area contributed by atoms with E-state index in [0.717, 1.165) is 22.2 Å². The second kappa shape index (κ2) is 3.45. The van der Waals surface area contributed by atoms with Crippen LogP contribution >= 0.6 is 0 Å². The first-order valence-corrected chi connectivity index (χ1v) is 5.17. The molecule has 0 aliphatic carbocycles. The minimum absolute atomic E-state index is 1.04. The summed E-state index contributed by atoms with van der Waals surface area (Å²) in [4.78, 5) is 8.47. The molecular formula is C13H11N3. The van der Waals surface area contributed by atoms with Gasteiger partial charge in [-0.1, -0.05) is 12.1 Å². The number of benzene rings is 1. The highest BCUT2D eigenvalue weighted by Crippen LogP contribution is 2.26. The first-order chi connectivity index (χ1) is 7.86. The summed E-state index contributed by atoms with van der Waals surface area (Å²) in [6.07, 6.45) is 5.45. The van der Waals surface area contributed by atoms with Gasteiger partial charge in [0.2, 0.25) is 0 Å². The minimum Gasteiger partial charge on any atom is -0.334 e. The minimum atomic E-state index is 1.04. The molecule has 3 heteroatoms. The molecule has 0 saturated heterocycles. The second-order valence-corrected chi connectivity index (χ2v) is 3.76. The third-order valence-electron chi connectivity index (χ3n) is 2.75. The number of fused-ring (bicyclic) bond motifs is 1. The average molecular weight is 209 g/mol. The van der Waals surface area contributed by atoms with E-state index in [9.17, 15) is 0 Å². The lowest BCUT2D eigenvalue weighted by Gasteiger charge is -2.02. The number of hydrogen-bond donors (Lipinski definition) is 0. The highest BCUT2D eigenvalue weighted by molar-refractivity contribution is 5.91. The second-order valence-electron chi connectivity index (χ2n) is 3.76. The van der Waals surface area contributed by atoms with Gasteiger partial charge >= 0.3 is 0 Å². The Morgan fingerprint density at radius 3 is 2.69 bits per heavy atom. The molecule has 0 bridgehead atoms. The van der Waals surface area contributed by atoms with Crippen LogP contribution in [0.25, 0.3) is 22.2 Å². The molecule has 0 fully saturated rings. The first-order valence-electron chi connectivity index (χ1n) is 5.17. The predicted octanol–water partition coefficient (Wildman–Crippen LogP) is 2.64. The number of pyridine rings is 1. The zero-order valence-corrected chi connectivity index (χ0v) is 8.96. The Balaban J connectivity index is 2.32. The summed E-state index contributed by atoms with van der Waals surface area (Å²) < 4.78 is 2.03. The van der Waals surface area contributed by atoms with Gasteiger partial charge in [0.15, 0.2) is 0 Å². The van der Waals surface area contributed by atoms with Crippen LogP contribution in [0.4, 0.5) is 0 Å². The summed E-state index contributed by atoms with van der Waals surface area (Å²) in [5.74, 6) is 0. The van der Waals surface area contributed by atoms with Crippen molar-refractivity contribution in [1.82, 2.24) is 14.5 Å². The zero-order valence-electron chi connectivity index (χ0n) is 8.96. The van der Waals surface area contributed by atoms with Crippen LogP contribution in [0.2, 0.25) is 0 Å². The van der Waals surface area contributed by atoms with Crippen molar-refractivity contribution < 1.29 is 0 Å². The summed E-state index contributed by atoms with van der Waals surface area (Å²) >= 11 is 0. The largest absolute Gasteiger partial charge is 0.334 e. The molecule has 0 amide bonds. The summed E-state index contributed by atoms with van der Waals surface area (Å²) in [5, 5.41) is 0. The molecule has 0 aliphatic rings. The molecule has 2 aromatic heterocycles. The van der Waals surface area contributed by atoms with E-state index >= 15 is 0 Å². The van der Waals surface area contributed by atoms with Gasteiger partial charge < -0.3 is 4.57 Å². The Morgan fingerprint density at radius 1 is 1.06 bits per heavy atom. The molecule has 0 atom stereocenters. The van der Waals surface area contributed by atoms with Crippen LogP contribution in [0.5, 0.6) is 0 Å². The third kappa shape index (κ3) is 1.29. The molecule has 0 unspecified atom stereocenters. The standard InChI is InChI=1S/C13H11N3/c1-16-9-15-13-11(3-2-4-12(13)16)10-5-7-14-8-6-10/h2-9H,1H3. The summed E-state index contributed by atoms with van der Waals surface area (Å²) in [6.45, 7) is 0. The van der Waals surface area contributed by atoms with Gasteiger partial charge in [-0.15, -0.1) is 0 Å². The fourth-order valence-electron chi connectivity index (χ4n) is 1.92. The monoisotopic (exact) mass is 209 g/mol. The summed E-state index contributed by atoms with van der Waals surface area (Å²) in [7, 11) is 2.01. The van der Waals surface area contributed by atoms with Gasteiger partial charge in [-0.2, -0.15) is 0 Å². The van der Waals surface area contributed by atoms with Crippen LogP contribution in [0.3, 0.4) is 0 Å². The van der Waals surface area contributed by atoms with Crippen LogP contribution in [-0.2, 0) is 7.05 Å². The van der Waals surface area contributed by atoms with Crippen LogP contribution in [0.15, 0.2) is 49.1 Å². The normalized spacial score (nSPS) is 10.8. The van der Waals surface area contributed by atoms with Crippen LogP contribution in [-0.4, -0.2) is 14.5 Å². The maximum absolute atomic E-state index is 4.44. The van der Waals surface area contributed by atoms with E-state index in [2.05, 4.69) is 28.2 Å². The van der Waals surface area contributed by atoms with Crippen molar-refractivity contribution >= 4 is 11.0 Å². The van der Waals surface area contributed by atoms with Crippen molar-refractivity contribution in [2.45, 2.75) is 0 Å². The Kier molecular flexibility index (Phi) is 1.96. The molecule has 78 valence electrons. The van der Waals surface area contributed by atoms with E-state index in [-0.39, 0.29) is 0 Å². The van der Waals surface area contributed by atoms with Crippen molar-refractivity contribution in [3.8, 4) is 11.1 Å². The van der Waals surface area contributed by atoms with E-state index in [0.29, 0.717) is 0 Å². The molecule has 3 aromatic rings. The molecule has 16 heavy (non-hydrogen) atoms. The number of hydrogen-bond acceptors (Lipinski definition) is 2. The predicted molar refractivity (Wildman–Crippen MR) is 63.9 cm³/mol. The quantitative estimate of drug-likeness (QED) is 0.616. The Bertz CT molecular complexity index is 626. The molecule has 0 N–H and O–H groups in total. The number of rotatable bonds is 1. The molecule has 1 aromatic carbocycles. The van der Waals surface area contributed by atoms with Gasteiger partial charge in [-0.25, -0.2) is 4.98 Å². The smallest absolute Gasteiger partial charge is 0.0962 e. The molecular weight excluding hydrogens is 198 g/mol. The van der Waals surface area contributed by atoms with Gasteiger partial charge in [-0.05, 0) is 23.8 Å². The van der Waals surface area contributed by atoms with Crippen molar-refractivity contribution in [3.63, 3.8) is 0 Å². The van der Waals surface area contributed by atoms with Gasteiger partial charge in [0, 0.05) is 25.0 Å². The van der Waals surface area contributed by atoms with Crippen molar-refractivity contribution in [2.24, 2.45) is 7.05 Å². The SMILES string of the molecule is Cn1cnc2c(-c3ccncc3)cccc21. The van der Waals surface area contributed by atoms with Crippen LogP contribution in [0.1, 0.15) is 0 Å². The number of nitrogens with zero attached hydrogens (tertiary/aromatic N) is 3. The Hall–Kier alpha value is -2.16. The van der Waals surface area contributed by atoms with Gasteiger partial charge in [0.25, 0.3) is 0 Å². The van der Waals surface area contributed by atoms with E-state index in [4.69, 9.17) is 0 Å². The lowest BCUT2D eigenvalue weighted by Crippen LogP contribution is -1.84. The number of para-hydroxylation sites is 1. The van der Waals surface area contributed by atoms with Gasteiger partial charge in [0.05, 0.1) is 17.4 Å². The molecule has 0 aliphatic heterocycles. The van der Waals surface area contributed by atoms with E-state index in [1.807, 2.05) is 30.1 Å². The molecule has 0 radical (unpaired) electrons. The van der Waals surface area contributed by atoms with Crippen LogP contribution < -0.4 is 0 Å². The van der Waals surface area contributed by atoms with E-state index < -0.39 is 0 Å². The maximum atomic E-state index is 4.44. The van der Waals surface area contributed by atoms with Crippen LogP contribution in [0, 0.1) is 0 Å². The van der Waals surface area contributed by atoms with Gasteiger partial charge in [-0.3, -0.25) is 4.98 Å². The number of aryl methyl sites for hydroxylation is 1. The zero-order chi connectivity index (χ0) is 11.0. The van der Waals surface area contributed by atoms with Crippen molar-refractivity contribution in [2.75, 3.05) is 0 Å². The van der Waals surface area contributed by atoms with Gasteiger partial charge in [0.1, 0.15) is 0 Å². The Morgan fingerprint density at radius 2 is 1.88 bits per heavy atom. The topological polar surface area (TPSA) is 30.7 Å². The highest BCUT2D eigenvalue weighted by Gasteiger charge is 2.06. The number of imidazole rings is 1. The van der Waals surface area contributed by atoms with Crippen molar-refractivity contribution in [1.29, 1.82) is 0 Å². The fourth-order valence-corrected chi connectivity index (χ4v) is 1.92. The van der Waals surface area contributed by atoms with E-state index in [1.165, 1.54) is 0 Å². The summed E-state index contributed by atoms with van der Waals surface area (Å²) in [6, 6.07) is 10.2. The molecule has 0 saturated carbocycles. The molecule has 0 spiro atoms. The highest BCUT2D eigenvalue weighted by atomic mass is 15.0. The maximum Gasteiger partial charge on any atom is 0.0962 e. The lowest BCUT2D eigenvalue weighted by atomic mass is 10.1. The average Bonchev–Trinajstić information content (AvgIpc) is 2.73. The van der Waals surface area contributed by atoms with Crippen molar-refractivity contribution in [3.05, 3.63) is 49.1 Å². The fraction of sp³-hybridized carbons (Fsp3) is 0.0769. The third-order valence-corrected chi connectivity index (χ3v) is 2.75.